The lowest BCUT2D eigenvalue weighted by Gasteiger charge is -2.30. The molecule has 0 radical (unpaired) electrons. The van der Waals surface area contributed by atoms with Gasteiger partial charge in [-0.25, -0.2) is 45.9 Å². The molecule has 7 saturated heterocycles. The molecule has 708 valence electrons. The van der Waals surface area contributed by atoms with Gasteiger partial charge >= 0.3 is 56.3 Å². The molecule has 22 atom stereocenters. The van der Waals surface area contributed by atoms with Gasteiger partial charge in [-0.1, -0.05) is 89.0 Å². The predicted molar refractivity (Wildman–Crippen MR) is 445 cm³/mol. The number of hydrogen-bond acceptors (Lipinski definition) is 32. The molecule has 0 bridgehead atoms. The third-order valence-electron chi connectivity index (χ3n) is 22.8. The van der Waals surface area contributed by atoms with Crippen LogP contribution in [0.15, 0.2) is 160 Å². The molecule has 11 heterocycles. The molecule has 0 amide bonds. The minimum absolute atomic E-state index is 0.0357. The van der Waals surface area contributed by atoms with Crippen molar-refractivity contribution in [3.63, 3.8) is 0 Å². The number of aliphatic hydroxyl groups excluding tert-OH is 3. The number of halogens is 6. The lowest BCUT2D eigenvalue weighted by atomic mass is 9.98. The third kappa shape index (κ3) is 23.5. The van der Waals surface area contributed by atoms with E-state index < -0.39 is 221 Å². The Labute approximate surface area is 741 Å². The highest BCUT2D eigenvalue weighted by atomic mass is 35.5. The molecular weight excluding hydrogens is 1820 g/mol. The Bertz CT molecular complexity index is 5740. The molecule has 6 unspecified atom stereocenters. The number of quaternary nitrogens is 1. The highest BCUT2D eigenvalue weighted by molar-refractivity contribution is 7.49. The molecule has 0 spiro atoms. The highest BCUT2D eigenvalue weighted by Gasteiger charge is 2.71. The van der Waals surface area contributed by atoms with E-state index in [4.69, 9.17) is 103 Å². The Kier molecular flexibility index (Phi) is 33.1. The minimum Gasteiger partial charge on any atom is -0.456 e. The van der Waals surface area contributed by atoms with Crippen LogP contribution >= 0.6 is 38.8 Å². The number of benzene rings is 3. The quantitative estimate of drug-likeness (QED) is 0.00770. The second-order valence-electron chi connectivity index (χ2n) is 31.9. The summed E-state index contributed by atoms with van der Waals surface area (Å²) in [7, 11) is -9.92. The van der Waals surface area contributed by atoms with Crippen LogP contribution < -0.4 is 54.7 Å². The Hall–Kier alpha value is -9.07. The SMILES string of the molecule is CCC(=O)O[C@@H]1[C@@H](CO)OC(n2ccc(=O)[nH]c2=O)[C@@]1(C)F.CCC(=O)O[C@@H]1[C@@H](CO[P@@]2(=O)OCC[C@@H](c3cccc(Cl)c3)O2)OC(n2ccc(=O)[nH]c2=O)[C@@]1(C)F.CCC(=O)O[C@@H]1[C@@H](CO[Si]2(C)C(C)C2(C)C)OC(n2ccc(=O)[nH]c2=O)[C@@]1(C)F.C[C@@]1(F)C(n2ccc(=O)[nH]c2=O)O[C@H](CO)[C@H]1O.O=[P@@]1(Oc2ccc([NH+](O)O)cc2)OCC[C@@H](c2cccc(Cl)c2)O1. The summed E-state index contributed by atoms with van der Waals surface area (Å²) in [6.07, 6.45) is -11.6. The van der Waals surface area contributed by atoms with E-state index in [0.717, 1.165) is 87.5 Å². The molecule has 0 saturated carbocycles. The summed E-state index contributed by atoms with van der Waals surface area (Å²) in [5, 5.41) is 46.2. The molecule has 3 aromatic carbocycles. The number of nitrogens with one attached hydrogen (secondary N) is 5. The fourth-order valence-corrected chi connectivity index (χ4v) is 22.2. The zero-order chi connectivity index (χ0) is 95.0. The van der Waals surface area contributed by atoms with Crippen LogP contribution in [0.2, 0.25) is 27.2 Å². The van der Waals surface area contributed by atoms with Crippen LogP contribution in [0.1, 0.15) is 150 Å². The summed E-state index contributed by atoms with van der Waals surface area (Å²) in [6, 6.07) is 23.9. The van der Waals surface area contributed by atoms with Gasteiger partial charge in [0.2, 0.25) is 0 Å². The first-order chi connectivity index (χ1) is 60.5. The maximum atomic E-state index is 16.0. The number of carbonyl (C=O) groups is 3. The number of rotatable bonds is 23. The summed E-state index contributed by atoms with van der Waals surface area (Å²) in [4.78, 5) is 136. The summed E-state index contributed by atoms with van der Waals surface area (Å²) in [5.74, 6) is -1.70. The number of hydrogen-bond donors (Lipinski definition) is 10. The number of phosphoric acid groups is 2. The monoisotopic (exact) mass is 1920 g/mol. The molecule has 7 aliphatic rings. The largest absolute Gasteiger partial charge is 0.530 e. The smallest absolute Gasteiger partial charge is 0.456 e. The lowest BCUT2D eigenvalue weighted by molar-refractivity contribution is -1.19. The topological polar surface area (TPSA) is 540 Å². The molecule has 0 aliphatic carbocycles. The van der Waals surface area contributed by atoms with Crippen molar-refractivity contribution < 1.29 is 137 Å². The molecule has 7 fully saturated rings. The number of aromatic amines is 4. The Morgan fingerprint density at radius 1 is 0.519 bits per heavy atom. The Morgan fingerprint density at radius 2 is 0.860 bits per heavy atom. The maximum absolute atomic E-state index is 16.0. The average Bonchev–Trinajstić information content (AvgIpc) is 1.54. The van der Waals surface area contributed by atoms with Gasteiger partial charge in [0.25, 0.3) is 22.2 Å². The second-order valence-corrected chi connectivity index (χ2v) is 40.6. The third-order valence-corrected chi connectivity index (χ3v) is 32.0. The highest BCUT2D eigenvalue weighted by Crippen LogP contribution is 2.71. The lowest BCUT2D eigenvalue weighted by Crippen LogP contribution is -3.01. The fraction of sp³-hybridized carbons (Fsp3) is 0.532. The minimum atomic E-state index is -4.12. The van der Waals surface area contributed by atoms with Gasteiger partial charge in [0.15, 0.2) is 79.9 Å². The van der Waals surface area contributed by atoms with E-state index in [1.165, 1.54) is 44.3 Å². The first-order valence-electron chi connectivity index (χ1n) is 40.3. The van der Waals surface area contributed by atoms with Crippen molar-refractivity contribution in [2.24, 2.45) is 0 Å². The number of nitrogens with zero attached hydrogens (tertiary/aromatic N) is 4. The number of ether oxygens (including phenoxy) is 7. The van der Waals surface area contributed by atoms with Crippen LogP contribution in [-0.2, 0) is 83.7 Å². The van der Waals surface area contributed by atoms with Gasteiger partial charge in [0, 0.05) is 103 Å². The van der Waals surface area contributed by atoms with Crippen molar-refractivity contribution in [2.45, 2.75) is 227 Å². The van der Waals surface area contributed by atoms with Crippen molar-refractivity contribution in [1.82, 2.24) is 38.2 Å². The zero-order valence-corrected chi connectivity index (χ0v) is 75.5. The Morgan fingerprint density at radius 3 is 1.20 bits per heavy atom. The van der Waals surface area contributed by atoms with Crippen LogP contribution in [0.25, 0.3) is 0 Å². The van der Waals surface area contributed by atoms with Crippen LogP contribution in [0.3, 0.4) is 0 Å². The van der Waals surface area contributed by atoms with Crippen molar-refractivity contribution in [3.8, 4) is 5.75 Å². The first-order valence-corrected chi connectivity index (χ1v) is 46.5. The van der Waals surface area contributed by atoms with E-state index in [-0.39, 0.29) is 55.6 Å². The summed E-state index contributed by atoms with van der Waals surface area (Å²) in [6.45, 7) is 16.4. The molecular formula is C79H100Cl2F4N9O32P2Si+. The van der Waals surface area contributed by atoms with Crippen molar-refractivity contribution in [3.05, 3.63) is 226 Å². The normalized spacial score (nSPS) is 32.4. The van der Waals surface area contributed by atoms with Gasteiger partial charge in [-0.15, -0.1) is 0 Å². The first kappa shape index (κ1) is 102. The van der Waals surface area contributed by atoms with Gasteiger partial charge in [0.05, 0.1) is 51.8 Å². The molecule has 50 heteroatoms. The fourth-order valence-electron chi connectivity index (χ4n) is 14.8. The van der Waals surface area contributed by atoms with Crippen LogP contribution in [0.5, 0.6) is 5.75 Å². The summed E-state index contributed by atoms with van der Waals surface area (Å²) >= 11 is 12.0. The van der Waals surface area contributed by atoms with Crippen LogP contribution in [0.4, 0.5) is 23.2 Å². The van der Waals surface area contributed by atoms with Gasteiger partial charge < -0.3 is 57.4 Å². The van der Waals surface area contributed by atoms with Crippen molar-refractivity contribution in [1.29, 1.82) is 0 Å². The summed E-state index contributed by atoms with van der Waals surface area (Å²) in [5.41, 5.74) is -13.0. The number of esters is 3. The number of alkyl halides is 4. The molecule has 14 rings (SSSR count). The average molecular weight is 1920 g/mol. The van der Waals surface area contributed by atoms with Crippen molar-refractivity contribution >= 4 is 70.8 Å². The summed E-state index contributed by atoms with van der Waals surface area (Å²) < 4.78 is 167. The molecule has 129 heavy (non-hydrogen) atoms. The van der Waals surface area contributed by atoms with Gasteiger partial charge in [-0.2, -0.15) is 10.4 Å². The van der Waals surface area contributed by atoms with E-state index >= 15 is 13.2 Å². The number of H-pyrrole nitrogens is 4. The van der Waals surface area contributed by atoms with E-state index in [2.05, 4.69) is 32.3 Å². The van der Waals surface area contributed by atoms with E-state index in [0.29, 0.717) is 34.0 Å². The second kappa shape index (κ2) is 41.8. The standard InChI is InChI=1S/C22H25ClFN2O9P.C19H29FN2O6Si.C15H15ClNO6P.C13H17FN2O6.C10H13FN2O5/c1-3-18(28)34-19-16(33-20(22(19,2)24)26-9-7-17(27)25-21(26)29)12-32-36(30)31-10-8-15(35-36)13-5-4-6-14(23)11-13;1-7-14(24)28-15-12(10-26-29(6)11(2)18(29,3)4)27-16(19(15,5)20)22-9-8-13(23)21-17(22)25;16-12-3-1-2-11(10-12)15-8-9-21-24(20,23-15)22-14-6-4-13(5-7-14)17(18)19;1-3-9(19)22-10-7(6-17)21-11(13(10,2)14)16-5-4-8(18)15-12(16)20;1-10(11)7(16)5(4-14)18-8(10)13-3-2-6(15)12-9(13)17/h4-7,9,11,15-16,19-20H,3,8,10,12H2,1-2H3,(H,25,27,29);8-9,11-12,15-16H,7,10H2,1-6H3,(H,21,23,25);1-7,10,15,18-19H,8-9H2;4-5,7,10-11,17H,3,6H2,1-2H3,(H,15,18,20);2-3,5,7-8,14,16H,4H2,1H3,(H,12,15,17)/p+1/t15-,16+,19+,20?,22-,36+;11?,12-,15-,16?,19+,29?;15-,24-;7-,10-,11?,13+;5-,7-,8?,10+/m01011/s1. The van der Waals surface area contributed by atoms with E-state index in [9.17, 15) is 76.5 Å². The number of aliphatic hydroxyl groups is 3. The van der Waals surface area contributed by atoms with E-state index in [1.54, 1.807) is 56.3 Å². The van der Waals surface area contributed by atoms with Crippen LogP contribution in [-0.4, -0.2) is 201 Å². The number of carbonyl (C=O) groups excluding carboxylic acids is 3. The molecule has 41 nitrogen and oxygen atoms in total. The van der Waals surface area contributed by atoms with Gasteiger partial charge in [0.1, 0.15) is 36.3 Å². The van der Waals surface area contributed by atoms with Gasteiger partial charge in [-0.3, -0.25) is 94.4 Å². The Balaban J connectivity index is 0.000000171. The molecule has 7 aliphatic heterocycles. The number of phosphoric ester groups is 2. The van der Waals surface area contributed by atoms with E-state index in [1.807, 2.05) is 21.0 Å². The zero-order valence-electron chi connectivity index (χ0n) is 71.2. The maximum Gasteiger partial charge on any atom is 0.530 e. The van der Waals surface area contributed by atoms with Gasteiger partial charge in [-0.05, 0) is 97.6 Å². The predicted octanol–water partition coefficient (Wildman–Crippen LogP) is 6.99. The molecule has 7 aromatic rings. The van der Waals surface area contributed by atoms with Crippen LogP contribution in [0, 0.1) is 0 Å². The molecule has 4 aromatic heterocycles. The van der Waals surface area contributed by atoms with Crippen molar-refractivity contribution in [2.75, 3.05) is 39.6 Å². The molecule has 10 N–H and O–H groups in total. The number of aromatic nitrogens is 8.